The van der Waals surface area contributed by atoms with E-state index in [4.69, 9.17) is 0 Å². The third kappa shape index (κ3) is 3.84. The Hall–Kier alpha value is -4.01. The van der Waals surface area contributed by atoms with Crippen molar-refractivity contribution in [3.63, 3.8) is 0 Å². The summed E-state index contributed by atoms with van der Waals surface area (Å²) >= 11 is 0. The van der Waals surface area contributed by atoms with E-state index in [0.29, 0.717) is 11.5 Å². The highest BCUT2D eigenvalue weighted by molar-refractivity contribution is 5.91. The highest BCUT2D eigenvalue weighted by Crippen LogP contribution is 2.15. The molecular formula is C20H17N7O2. The summed E-state index contributed by atoms with van der Waals surface area (Å²) in [5, 5.41) is 3.07. The Morgan fingerprint density at radius 3 is 2.76 bits per heavy atom. The van der Waals surface area contributed by atoms with Crippen LogP contribution in [-0.4, -0.2) is 35.4 Å². The molecule has 0 radical (unpaired) electrons. The third-order valence-corrected chi connectivity index (χ3v) is 4.36. The maximum Gasteiger partial charge on any atom is 0.264 e. The molecule has 0 aliphatic carbocycles. The van der Waals surface area contributed by atoms with E-state index in [0.717, 1.165) is 17.7 Å². The number of nitrogens with zero attached hydrogens (tertiary/aromatic N) is 6. The minimum atomic E-state index is -0.389. The van der Waals surface area contributed by atoms with Gasteiger partial charge in [0.1, 0.15) is 24.0 Å². The monoisotopic (exact) mass is 387 g/mol. The van der Waals surface area contributed by atoms with Gasteiger partial charge >= 0.3 is 0 Å². The van der Waals surface area contributed by atoms with Crippen molar-refractivity contribution in [1.82, 2.24) is 29.5 Å². The number of para-hydroxylation sites is 1. The SMILES string of the molecule is CCc1ccccc1NC(=O)Cn1cnc2nc(-c3cnccn3)ncc2c1=O. The van der Waals surface area contributed by atoms with E-state index in [1.165, 1.54) is 29.5 Å². The van der Waals surface area contributed by atoms with Crippen LogP contribution >= 0.6 is 0 Å². The Kier molecular flexibility index (Phi) is 5.02. The first-order valence-electron chi connectivity index (χ1n) is 9.02. The van der Waals surface area contributed by atoms with E-state index in [1.807, 2.05) is 31.2 Å². The lowest BCUT2D eigenvalue weighted by atomic mass is 10.1. The number of hydrogen-bond donors (Lipinski definition) is 1. The molecule has 1 aromatic carbocycles. The van der Waals surface area contributed by atoms with E-state index >= 15 is 0 Å². The van der Waals surface area contributed by atoms with Crippen LogP contribution in [0.3, 0.4) is 0 Å². The molecule has 0 saturated carbocycles. The van der Waals surface area contributed by atoms with Gasteiger partial charge in [-0.15, -0.1) is 0 Å². The molecule has 0 spiro atoms. The van der Waals surface area contributed by atoms with Crippen LogP contribution in [0.25, 0.3) is 22.6 Å². The quantitative estimate of drug-likeness (QED) is 0.555. The zero-order valence-corrected chi connectivity index (χ0v) is 15.6. The van der Waals surface area contributed by atoms with Crippen molar-refractivity contribution in [2.75, 3.05) is 5.32 Å². The van der Waals surface area contributed by atoms with Crippen molar-refractivity contribution in [3.05, 3.63) is 71.3 Å². The number of nitrogens with one attached hydrogen (secondary N) is 1. The van der Waals surface area contributed by atoms with Gasteiger partial charge in [-0.2, -0.15) is 0 Å². The molecule has 0 aliphatic rings. The second-order valence-electron chi connectivity index (χ2n) is 6.26. The van der Waals surface area contributed by atoms with Gasteiger partial charge in [0, 0.05) is 24.3 Å². The number of anilines is 1. The fourth-order valence-electron chi connectivity index (χ4n) is 2.90. The molecule has 0 atom stereocenters. The molecule has 9 nitrogen and oxygen atoms in total. The van der Waals surface area contributed by atoms with Crippen LogP contribution in [0, 0.1) is 0 Å². The largest absolute Gasteiger partial charge is 0.324 e. The Morgan fingerprint density at radius 1 is 1.10 bits per heavy atom. The van der Waals surface area contributed by atoms with Crippen molar-refractivity contribution in [2.24, 2.45) is 0 Å². The van der Waals surface area contributed by atoms with Gasteiger partial charge < -0.3 is 5.32 Å². The highest BCUT2D eigenvalue weighted by Gasteiger charge is 2.12. The second kappa shape index (κ2) is 7.93. The average Bonchev–Trinajstić information content (AvgIpc) is 2.76. The summed E-state index contributed by atoms with van der Waals surface area (Å²) in [6, 6.07) is 7.55. The van der Waals surface area contributed by atoms with Gasteiger partial charge in [0.05, 0.1) is 6.20 Å². The van der Waals surface area contributed by atoms with Gasteiger partial charge in [0.25, 0.3) is 5.56 Å². The number of hydrogen-bond acceptors (Lipinski definition) is 7. The number of carbonyl (C=O) groups excluding carboxylic acids is 1. The summed E-state index contributed by atoms with van der Waals surface area (Å²) in [5.41, 5.74) is 2.08. The molecule has 29 heavy (non-hydrogen) atoms. The first-order chi connectivity index (χ1) is 14.2. The molecule has 4 rings (SSSR count). The standard InChI is InChI=1S/C20H17N7O2/c1-2-13-5-3-4-6-15(13)25-17(28)11-27-12-24-18-14(20(27)29)9-23-19(26-18)16-10-21-7-8-22-16/h3-10,12H,2,11H2,1H3,(H,25,28). The van der Waals surface area contributed by atoms with Crippen molar-refractivity contribution in [3.8, 4) is 11.5 Å². The number of aromatic nitrogens is 6. The number of aryl methyl sites for hydroxylation is 1. The lowest BCUT2D eigenvalue weighted by Crippen LogP contribution is -2.28. The zero-order valence-electron chi connectivity index (χ0n) is 15.6. The van der Waals surface area contributed by atoms with Crippen molar-refractivity contribution in [2.45, 2.75) is 19.9 Å². The molecule has 0 unspecified atom stereocenters. The summed E-state index contributed by atoms with van der Waals surface area (Å²) in [5.74, 6) is 0.00964. The summed E-state index contributed by atoms with van der Waals surface area (Å²) in [6.07, 6.45) is 8.10. The summed E-state index contributed by atoms with van der Waals surface area (Å²) in [6.45, 7) is 1.85. The van der Waals surface area contributed by atoms with Gasteiger partial charge in [-0.1, -0.05) is 25.1 Å². The molecular weight excluding hydrogens is 370 g/mol. The van der Waals surface area contributed by atoms with Crippen molar-refractivity contribution < 1.29 is 4.79 Å². The first-order valence-corrected chi connectivity index (χ1v) is 9.02. The molecule has 9 heteroatoms. The normalized spacial score (nSPS) is 10.8. The van der Waals surface area contributed by atoms with Gasteiger partial charge in [-0.3, -0.25) is 19.1 Å². The first kappa shape index (κ1) is 18.4. The van der Waals surface area contributed by atoms with Crippen molar-refractivity contribution in [1.29, 1.82) is 0 Å². The summed E-state index contributed by atoms with van der Waals surface area (Å²) in [4.78, 5) is 45.9. The van der Waals surface area contributed by atoms with E-state index in [-0.39, 0.29) is 29.0 Å². The van der Waals surface area contributed by atoms with Crippen LogP contribution in [0.15, 0.2) is 60.2 Å². The predicted octanol–water partition coefficient (Wildman–Crippen LogP) is 1.84. The Morgan fingerprint density at radius 2 is 1.97 bits per heavy atom. The fourth-order valence-corrected chi connectivity index (χ4v) is 2.90. The number of amides is 1. The highest BCUT2D eigenvalue weighted by atomic mass is 16.2. The smallest absolute Gasteiger partial charge is 0.264 e. The third-order valence-electron chi connectivity index (χ3n) is 4.36. The maximum atomic E-state index is 12.7. The van der Waals surface area contributed by atoms with Crippen LogP contribution in [0.1, 0.15) is 12.5 Å². The molecule has 0 fully saturated rings. The molecule has 0 saturated heterocycles. The van der Waals surface area contributed by atoms with Gasteiger partial charge in [-0.25, -0.2) is 19.9 Å². The predicted molar refractivity (Wildman–Crippen MR) is 107 cm³/mol. The van der Waals surface area contributed by atoms with Crippen molar-refractivity contribution >= 4 is 22.6 Å². The molecule has 1 amide bonds. The Bertz CT molecular complexity index is 1240. The average molecular weight is 387 g/mol. The maximum absolute atomic E-state index is 12.7. The van der Waals surface area contributed by atoms with Crippen LogP contribution < -0.4 is 10.9 Å². The number of benzene rings is 1. The molecule has 3 aromatic heterocycles. The van der Waals surface area contributed by atoms with E-state index in [1.54, 1.807) is 6.20 Å². The fraction of sp³-hybridized carbons (Fsp3) is 0.150. The van der Waals surface area contributed by atoms with E-state index < -0.39 is 0 Å². The lowest BCUT2D eigenvalue weighted by Gasteiger charge is -2.11. The second-order valence-corrected chi connectivity index (χ2v) is 6.26. The summed E-state index contributed by atoms with van der Waals surface area (Å²) in [7, 11) is 0. The molecule has 1 N–H and O–H groups in total. The van der Waals surface area contributed by atoms with Crippen LogP contribution in [0.5, 0.6) is 0 Å². The zero-order chi connectivity index (χ0) is 20.2. The van der Waals surface area contributed by atoms with Crippen LogP contribution in [-0.2, 0) is 17.8 Å². The molecule has 0 aliphatic heterocycles. The number of fused-ring (bicyclic) bond motifs is 1. The molecule has 0 bridgehead atoms. The van der Waals surface area contributed by atoms with E-state index in [2.05, 4.69) is 30.2 Å². The van der Waals surface area contributed by atoms with Gasteiger partial charge in [0.15, 0.2) is 11.5 Å². The lowest BCUT2D eigenvalue weighted by molar-refractivity contribution is -0.116. The Labute approximate surface area is 165 Å². The van der Waals surface area contributed by atoms with Gasteiger partial charge in [0.2, 0.25) is 5.91 Å². The van der Waals surface area contributed by atoms with Crippen LogP contribution in [0.2, 0.25) is 0 Å². The minimum absolute atomic E-state index is 0.161. The molecule has 3 heterocycles. The summed E-state index contributed by atoms with van der Waals surface area (Å²) < 4.78 is 1.23. The molecule has 4 aromatic rings. The number of carbonyl (C=O) groups is 1. The van der Waals surface area contributed by atoms with Crippen LogP contribution in [0.4, 0.5) is 5.69 Å². The van der Waals surface area contributed by atoms with Gasteiger partial charge in [-0.05, 0) is 18.1 Å². The molecule has 144 valence electrons. The topological polar surface area (TPSA) is 116 Å². The Balaban J connectivity index is 1.59. The minimum Gasteiger partial charge on any atom is -0.324 e. The number of rotatable bonds is 5. The van der Waals surface area contributed by atoms with E-state index in [9.17, 15) is 9.59 Å².